The Morgan fingerprint density at radius 3 is 1.65 bits per heavy atom. The largest absolute Gasteiger partial charge is 0.482 e. The summed E-state index contributed by atoms with van der Waals surface area (Å²) in [6, 6.07) is 17.2. The molecule has 0 radical (unpaired) electrons. The van der Waals surface area contributed by atoms with Crippen LogP contribution in [0.1, 0.15) is 39.2 Å². The van der Waals surface area contributed by atoms with E-state index in [1.807, 2.05) is 0 Å². The van der Waals surface area contributed by atoms with Gasteiger partial charge in [0.25, 0.3) is 0 Å². The summed E-state index contributed by atoms with van der Waals surface area (Å²) in [4.78, 5) is 16.6. The number of carboxylic acid groups (broad SMARTS) is 1. The molecule has 0 spiro atoms. The average Bonchev–Trinajstić information content (AvgIpc) is 2.94. The first-order valence-corrected chi connectivity index (χ1v) is 13.1. The highest BCUT2D eigenvalue weighted by atomic mass is 32.2. The van der Waals surface area contributed by atoms with Crippen molar-refractivity contribution in [3.8, 4) is 29.4 Å². The van der Waals surface area contributed by atoms with Crippen molar-refractivity contribution in [2.75, 3.05) is 6.61 Å². The number of nitrogens with zero attached hydrogens (tertiary/aromatic N) is 1. The Morgan fingerprint density at radius 2 is 1.23 bits per heavy atom. The summed E-state index contributed by atoms with van der Waals surface area (Å²) < 4.78 is 82.5. The molecular weight excluding hydrogens is 592 g/mol. The van der Waals surface area contributed by atoms with E-state index in [2.05, 4.69) is 28.7 Å². The van der Waals surface area contributed by atoms with Crippen molar-refractivity contribution in [2.24, 2.45) is 0 Å². The highest BCUT2D eigenvalue weighted by molar-refractivity contribution is 7.99. The molecule has 0 bridgehead atoms. The van der Waals surface area contributed by atoms with E-state index in [0.29, 0.717) is 27.3 Å². The predicted octanol–water partition coefficient (Wildman–Crippen LogP) is 7.84. The maximum Gasteiger partial charge on any atom is 0.416 e. The zero-order valence-electron chi connectivity index (χ0n) is 22.1. The Balaban J connectivity index is 1.65. The van der Waals surface area contributed by atoms with Gasteiger partial charge in [-0.3, -0.25) is 0 Å². The third kappa shape index (κ3) is 9.06. The molecule has 0 unspecified atom stereocenters. The molecule has 4 aromatic rings. The average molecular weight is 612 g/mol. The normalized spacial score (nSPS) is 11.1. The second-order valence-electron chi connectivity index (χ2n) is 8.94. The highest BCUT2D eigenvalue weighted by Gasteiger charge is 2.30. The lowest BCUT2D eigenvalue weighted by atomic mass is 10.1. The van der Waals surface area contributed by atoms with Gasteiger partial charge in [0.2, 0.25) is 0 Å². The van der Waals surface area contributed by atoms with E-state index in [1.165, 1.54) is 36.0 Å². The zero-order chi connectivity index (χ0) is 31.2. The van der Waals surface area contributed by atoms with E-state index in [4.69, 9.17) is 9.84 Å². The fraction of sp³-hybridized carbons (Fsp3) is 0.125. The van der Waals surface area contributed by atoms with Crippen molar-refractivity contribution in [1.82, 2.24) is 4.98 Å². The first kappa shape index (κ1) is 31.1. The number of aryl methyl sites for hydroxylation is 1. The van der Waals surface area contributed by atoms with Crippen LogP contribution < -0.4 is 4.74 Å². The molecule has 0 fully saturated rings. The van der Waals surface area contributed by atoms with Crippen LogP contribution >= 0.6 is 11.8 Å². The number of hydrogen-bond donors (Lipinski definition) is 1. The molecule has 0 atom stereocenters. The van der Waals surface area contributed by atoms with Gasteiger partial charge in [-0.25, -0.2) is 9.78 Å². The third-order valence-corrected chi connectivity index (χ3v) is 6.59. The molecule has 218 valence electrons. The molecule has 43 heavy (non-hydrogen) atoms. The van der Waals surface area contributed by atoms with E-state index in [9.17, 15) is 31.1 Å². The summed E-state index contributed by atoms with van der Waals surface area (Å²) >= 11 is 1.32. The van der Waals surface area contributed by atoms with Gasteiger partial charge in [0, 0.05) is 20.9 Å². The molecule has 0 aliphatic rings. The number of rotatable bonds is 5. The van der Waals surface area contributed by atoms with Gasteiger partial charge >= 0.3 is 18.3 Å². The van der Waals surface area contributed by atoms with E-state index in [1.54, 1.807) is 37.3 Å². The number of benzene rings is 3. The van der Waals surface area contributed by atoms with Crippen molar-refractivity contribution in [3.63, 3.8) is 0 Å². The van der Waals surface area contributed by atoms with Crippen LogP contribution in [0.25, 0.3) is 0 Å². The minimum atomic E-state index is -4.47. The number of carboxylic acids is 1. The second kappa shape index (κ2) is 13.0. The van der Waals surface area contributed by atoms with Gasteiger partial charge in [0.1, 0.15) is 17.1 Å². The molecule has 0 amide bonds. The molecular formula is C32H19F6NO3S. The molecule has 0 aliphatic heterocycles. The molecule has 11 heteroatoms. The molecule has 3 aromatic carbocycles. The zero-order valence-corrected chi connectivity index (χ0v) is 22.9. The summed E-state index contributed by atoms with van der Waals surface area (Å²) in [5.74, 6) is 10.5. The number of ether oxygens (including phenoxy) is 1. The first-order chi connectivity index (χ1) is 20.3. The van der Waals surface area contributed by atoms with Gasteiger partial charge in [-0.05, 0) is 103 Å². The molecule has 1 N–H and O–H groups in total. The lowest BCUT2D eigenvalue weighted by molar-refractivity contribution is -0.139. The minimum absolute atomic E-state index is 0.264. The maximum absolute atomic E-state index is 12.9. The quantitative estimate of drug-likeness (QED) is 0.184. The second-order valence-corrected chi connectivity index (χ2v) is 10.1. The van der Waals surface area contributed by atoms with Gasteiger partial charge < -0.3 is 9.84 Å². The number of aromatic nitrogens is 1. The lowest BCUT2D eigenvalue weighted by Crippen LogP contribution is -2.09. The number of aliphatic carboxylic acids is 1. The summed E-state index contributed by atoms with van der Waals surface area (Å²) in [6.45, 7) is 1.27. The molecule has 4 nitrogen and oxygen atoms in total. The minimum Gasteiger partial charge on any atom is -0.482 e. The molecule has 1 aromatic heterocycles. The third-order valence-electron chi connectivity index (χ3n) is 5.63. The van der Waals surface area contributed by atoms with Crippen LogP contribution in [0.3, 0.4) is 0 Å². The van der Waals surface area contributed by atoms with Gasteiger partial charge in [0.15, 0.2) is 6.61 Å². The summed E-state index contributed by atoms with van der Waals surface area (Å²) in [7, 11) is 0. The Morgan fingerprint density at radius 1 is 0.744 bits per heavy atom. The van der Waals surface area contributed by atoms with Crippen LogP contribution in [0.4, 0.5) is 26.3 Å². The Kier molecular flexibility index (Phi) is 9.37. The van der Waals surface area contributed by atoms with Crippen molar-refractivity contribution >= 4 is 17.7 Å². The van der Waals surface area contributed by atoms with Crippen LogP contribution in [-0.4, -0.2) is 22.7 Å². The Hall–Kier alpha value is -4.87. The van der Waals surface area contributed by atoms with E-state index >= 15 is 0 Å². The highest BCUT2D eigenvalue weighted by Crippen LogP contribution is 2.32. The smallest absolute Gasteiger partial charge is 0.416 e. The molecule has 0 saturated heterocycles. The van der Waals surface area contributed by atoms with Crippen LogP contribution in [-0.2, 0) is 17.1 Å². The molecule has 0 saturated carbocycles. The molecule has 0 aliphatic carbocycles. The van der Waals surface area contributed by atoms with Crippen molar-refractivity contribution in [2.45, 2.75) is 29.1 Å². The van der Waals surface area contributed by atoms with Crippen LogP contribution in [0.2, 0.25) is 0 Å². The summed E-state index contributed by atoms with van der Waals surface area (Å²) in [6.07, 6.45) is -8.95. The maximum atomic E-state index is 12.9. The van der Waals surface area contributed by atoms with Crippen molar-refractivity contribution in [3.05, 3.63) is 118 Å². The van der Waals surface area contributed by atoms with E-state index in [0.717, 1.165) is 29.2 Å². The summed E-state index contributed by atoms with van der Waals surface area (Å²) in [5.41, 5.74) is 0.287. The van der Waals surface area contributed by atoms with E-state index < -0.39 is 36.1 Å². The van der Waals surface area contributed by atoms with Crippen LogP contribution in [0, 0.1) is 30.6 Å². The Labute approximate surface area is 246 Å². The number of halogens is 6. The number of alkyl halides is 6. The summed E-state index contributed by atoms with van der Waals surface area (Å²) in [5, 5.41) is 8.84. The monoisotopic (exact) mass is 611 g/mol. The van der Waals surface area contributed by atoms with Crippen LogP contribution in [0.5, 0.6) is 5.75 Å². The first-order valence-electron chi connectivity index (χ1n) is 12.3. The number of pyridine rings is 1. The SMILES string of the molecule is Cc1cc(Sc2cc(C#Cc3ccc(C(F)(F)F)cc3)nc(C#Cc3ccc(C(F)(F)F)cc3)c2)ccc1OCC(=O)O. The number of carbonyl (C=O) groups is 1. The molecule has 1 heterocycles. The van der Waals surface area contributed by atoms with Crippen molar-refractivity contribution < 1.29 is 41.0 Å². The fourth-order valence-electron chi connectivity index (χ4n) is 3.57. The Bertz CT molecular complexity index is 1660. The van der Waals surface area contributed by atoms with Gasteiger partial charge in [-0.2, -0.15) is 26.3 Å². The standard InChI is InChI=1S/C32H19F6NO3S/c1-20-16-27(14-15-29(20)42-19-30(40)41)43-28-17-25(12-6-21-2-8-23(9-3-21)31(33,34)35)39-26(18-28)13-7-22-4-10-24(11-5-22)32(36,37)38/h2-5,8-11,14-18H,19H2,1H3,(H,40,41). The van der Waals surface area contributed by atoms with Crippen molar-refractivity contribution in [1.29, 1.82) is 0 Å². The topological polar surface area (TPSA) is 59.4 Å². The number of hydrogen-bond acceptors (Lipinski definition) is 4. The fourth-order valence-corrected chi connectivity index (χ4v) is 4.56. The lowest BCUT2D eigenvalue weighted by Gasteiger charge is -2.09. The van der Waals surface area contributed by atoms with Gasteiger partial charge in [-0.15, -0.1) is 0 Å². The predicted molar refractivity (Wildman–Crippen MR) is 148 cm³/mol. The van der Waals surface area contributed by atoms with Crippen LogP contribution in [0.15, 0.2) is 88.7 Å². The van der Waals surface area contributed by atoms with E-state index in [-0.39, 0.29) is 11.4 Å². The van der Waals surface area contributed by atoms with Gasteiger partial charge in [-0.1, -0.05) is 23.6 Å². The van der Waals surface area contributed by atoms with Gasteiger partial charge in [0.05, 0.1) is 11.1 Å². The molecule has 4 rings (SSSR count).